The Morgan fingerprint density at radius 2 is 1.73 bits per heavy atom. The van der Waals surface area contributed by atoms with Gasteiger partial charge in [-0.05, 0) is 32.4 Å². The lowest BCUT2D eigenvalue weighted by atomic mass is 10.0. The molecule has 0 aromatic heterocycles. The SMILES string of the molecule is CCCCCCCCCCN1CCC[C@H](NC(=O)N(C)C)C1. The minimum Gasteiger partial charge on any atom is -0.334 e. The number of hydrogen-bond acceptors (Lipinski definition) is 2. The molecule has 0 unspecified atom stereocenters. The number of amides is 2. The fraction of sp³-hybridized carbons (Fsp3) is 0.944. The summed E-state index contributed by atoms with van der Waals surface area (Å²) in [6.45, 7) is 5.69. The van der Waals surface area contributed by atoms with Crippen molar-refractivity contribution in [3.8, 4) is 0 Å². The first-order chi connectivity index (χ1) is 10.6. The second-order valence-corrected chi connectivity index (χ2v) is 6.96. The summed E-state index contributed by atoms with van der Waals surface area (Å²) in [5.41, 5.74) is 0. The molecule has 22 heavy (non-hydrogen) atoms. The highest BCUT2D eigenvalue weighted by molar-refractivity contribution is 5.73. The number of piperidine rings is 1. The Bertz CT molecular complexity index is 294. The molecule has 0 spiro atoms. The number of likely N-dealkylation sites (tertiary alicyclic amines) is 1. The van der Waals surface area contributed by atoms with Crippen LogP contribution >= 0.6 is 0 Å². The van der Waals surface area contributed by atoms with E-state index in [2.05, 4.69) is 17.1 Å². The van der Waals surface area contributed by atoms with E-state index in [-0.39, 0.29) is 6.03 Å². The third kappa shape index (κ3) is 8.62. The number of nitrogens with zero attached hydrogens (tertiary/aromatic N) is 2. The molecule has 1 heterocycles. The minimum atomic E-state index is 0.0407. The van der Waals surface area contributed by atoms with Crippen molar-refractivity contribution in [1.82, 2.24) is 15.1 Å². The predicted octanol–water partition coefficient (Wildman–Crippen LogP) is 3.86. The zero-order valence-corrected chi connectivity index (χ0v) is 15.1. The lowest BCUT2D eigenvalue weighted by Gasteiger charge is -2.33. The average molecular weight is 312 g/mol. The number of carbonyl (C=O) groups excluding carboxylic acids is 1. The maximum Gasteiger partial charge on any atom is 0.317 e. The van der Waals surface area contributed by atoms with Gasteiger partial charge in [-0.15, -0.1) is 0 Å². The first-order valence-corrected chi connectivity index (χ1v) is 9.33. The molecule has 0 bridgehead atoms. The Kier molecular flexibility index (Phi) is 10.3. The molecule has 2 amide bonds. The number of urea groups is 1. The largest absolute Gasteiger partial charge is 0.334 e. The van der Waals surface area contributed by atoms with Gasteiger partial charge in [-0.1, -0.05) is 51.9 Å². The molecule has 0 radical (unpaired) electrons. The van der Waals surface area contributed by atoms with Gasteiger partial charge in [-0.2, -0.15) is 0 Å². The molecule has 0 aromatic rings. The number of carbonyl (C=O) groups is 1. The quantitative estimate of drug-likeness (QED) is 0.622. The van der Waals surface area contributed by atoms with Gasteiger partial charge < -0.3 is 15.1 Å². The Balaban J connectivity index is 2.04. The Morgan fingerprint density at radius 3 is 2.36 bits per heavy atom. The first kappa shape index (κ1) is 19.3. The molecule has 0 aliphatic carbocycles. The molecule has 1 rings (SSSR count). The molecule has 1 fully saturated rings. The maximum absolute atomic E-state index is 11.7. The van der Waals surface area contributed by atoms with Crippen LogP contribution in [0.1, 0.15) is 71.1 Å². The highest BCUT2D eigenvalue weighted by atomic mass is 16.2. The number of hydrogen-bond donors (Lipinski definition) is 1. The van der Waals surface area contributed by atoms with E-state index in [1.807, 2.05) is 0 Å². The van der Waals surface area contributed by atoms with E-state index in [1.54, 1.807) is 19.0 Å². The summed E-state index contributed by atoms with van der Waals surface area (Å²) in [6.07, 6.45) is 13.3. The van der Waals surface area contributed by atoms with E-state index >= 15 is 0 Å². The highest BCUT2D eigenvalue weighted by Gasteiger charge is 2.21. The summed E-state index contributed by atoms with van der Waals surface area (Å²) in [6, 6.07) is 0.372. The smallest absolute Gasteiger partial charge is 0.317 e. The van der Waals surface area contributed by atoms with Gasteiger partial charge in [-0.3, -0.25) is 0 Å². The van der Waals surface area contributed by atoms with Gasteiger partial charge in [-0.25, -0.2) is 4.79 Å². The fourth-order valence-corrected chi connectivity index (χ4v) is 3.15. The van der Waals surface area contributed by atoms with Gasteiger partial charge in [0, 0.05) is 26.7 Å². The lowest BCUT2D eigenvalue weighted by molar-refractivity contribution is 0.174. The van der Waals surface area contributed by atoms with E-state index in [1.165, 1.54) is 70.9 Å². The summed E-state index contributed by atoms with van der Waals surface area (Å²) in [7, 11) is 3.60. The molecule has 4 nitrogen and oxygen atoms in total. The maximum atomic E-state index is 11.7. The van der Waals surface area contributed by atoms with Crippen LogP contribution in [0.5, 0.6) is 0 Å². The summed E-state index contributed by atoms with van der Waals surface area (Å²) in [5, 5.41) is 3.12. The monoisotopic (exact) mass is 311 g/mol. The molecular formula is C18H37N3O. The second-order valence-electron chi connectivity index (χ2n) is 6.96. The van der Waals surface area contributed by atoms with Crippen LogP contribution < -0.4 is 5.32 Å². The van der Waals surface area contributed by atoms with Crippen molar-refractivity contribution in [2.75, 3.05) is 33.7 Å². The third-order valence-corrected chi connectivity index (χ3v) is 4.57. The topological polar surface area (TPSA) is 35.6 Å². The predicted molar refractivity (Wildman–Crippen MR) is 94.3 cm³/mol. The lowest BCUT2D eigenvalue weighted by Crippen LogP contribution is -2.50. The van der Waals surface area contributed by atoms with Crippen molar-refractivity contribution >= 4 is 6.03 Å². The number of rotatable bonds is 10. The molecule has 1 aliphatic rings. The molecule has 1 saturated heterocycles. The molecule has 0 aromatic carbocycles. The Hall–Kier alpha value is -0.770. The standard InChI is InChI=1S/C18H37N3O/c1-4-5-6-7-8-9-10-11-14-21-15-12-13-17(16-21)19-18(22)20(2)3/h17H,4-16H2,1-3H3,(H,19,22)/t17-/m0/s1. The van der Waals surface area contributed by atoms with Crippen molar-refractivity contribution in [2.45, 2.75) is 77.2 Å². The van der Waals surface area contributed by atoms with Crippen molar-refractivity contribution in [2.24, 2.45) is 0 Å². The number of nitrogens with one attached hydrogen (secondary N) is 1. The first-order valence-electron chi connectivity index (χ1n) is 9.33. The van der Waals surface area contributed by atoms with E-state index in [4.69, 9.17) is 0 Å². The zero-order chi connectivity index (χ0) is 16.2. The molecule has 1 aliphatic heterocycles. The van der Waals surface area contributed by atoms with E-state index in [9.17, 15) is 4.79 Å². The molecule has 1 N–H and O–H groups in total. The molecule has 4 heteroatoms. The van der Waals surface area contributed by atoms with Crippen molar-refractivity contribution in [3.63, 3.8) is 0 Å². The fourth-order valence-electron chi connectivity index (χ4n) is 3.15. The molecule has 0 saturated carbocycles. The van der Waals surface area contributed by atoms with Crippen molar-refractivity contribution in [3.05, 3.63) is 0 Å². The minimum absolute atomic E-state index is 0.0407. The second kappa shape index (κ2) is 11.8. The summed E-state index contributed by atoms with van der Waals surface area (Å²) in [5.74, 6) is 0. The normalized spacial score (nSPS) is 19.1. The van der Waals surface area contributed by atoms with Gasteiger partial charge in [0.2, 0.25) is 0 Å². The van der Waals surface area contributed by atoms with Gasteiger partial charge in [0.05, 0.1) is 0 Å². The highest BCUT2D eigenvalue weighted by Crippen LogP contribution is 2.13. The van der Waals surface area contributed by atoms with Crippen LogP contribution in [-0.4, -0.2) is 55.6 Å². The van der Waals surface area contributed by atoms with Crippen LogP contribution in [0, 0.1) is 0 Å². The Labute approximate surface area is 137 Å². The zero-order valence-electron chi connectivity index (χ0n) is 15.1. The van der Waals surface area contributed by atoms with Gasteiger partial charge in [0.1, 0.15) is 0 Å². The van der Waals surface area contributed by atoms with Gasteiger partial charge in [0.15, 0.2) is 0 Å². The van der Waals surface area contributed by atoms with E-state index < -0.39 is 0 Å². The van der Waals surface area contributed by atoms with Crippen LogP contribution in [-0.2, 0) is 0 Å². The molecule has 130 valence electrons. The molecule has 1 atom stereocenters. The summed E-state index contributed by atoms with van der Waals surface area (Å²) >= 11 is 0. The van der Waals surface area contributed by atoms with Crippen molar-refractivity contribution < 1.29 is 4.79 Å². The van der Waals surface area contributed by atoms with Crippen LogP contribution in [0.15, 0.2) is 0 Å². The van der Waals surface area contributed by atoms with E-state index in [0.29, 0.717) is 6.04 Å². The molecular weight excluding hydrogens is 274 g/mol. The third-order valence-electron chi connectivity index (χ3n) is 4.57. The van der Waals surface area contributed by atoms with Gasteiger partial charge >= 0.3 is 6.03 Å². The van der Waals surface area contributed by atoms with Crippen LogP contribution in [0.3, 0.4) is 0 Å². The average Bonchev–Trinajstić information content (AvgIpc) is 2.50. The van der Waals surface area contributed by atoms with Crippen molar-refractivity contribution in [1.29, 1.82) is 0 Å². The van der Waals surface area contributed by atoms with Crippen LogP contribution in [0.4, 0.5) is 4.79 Å². The summed E-state index contributed by atoms with van der Waals surface area (Å²) in [4.78, 5) is 15.9. The van der Waals surface area contributed by atoms with Gasteiger partial charge in [0.25, 0.3) is 0 Å². The number of unbranched alkanes of at least 4 members (excludes halogenated alkanes) is 7. The Morgan fingerprint density at radius 1 is 1.09 bits per heavy atom. The van der Waals surface area contributed by atoms with E-state index in [0.717, 1.165) is 13.0 Å². The van der Waals surface area contributed by atoms with Crippen LogP contribution in [0.2, 0.25) is 0 Å². The van der Waals surface area contributed by atoms with Crippen LogP contribution in [0.25, 0.3) is 0 Å². The summed E-state index contributed by atoms with van der Waals surface area (Å²) < 4.78 is 0.